The topological polar surface area (TPSA) is 20.3 Å². The maximum Gasteiger partial charge on any atom is 0.316 e. The molecule has 0 aromatic rings. The third-order valence-electron chi connectivity index (χ3n) is 2.22. The number of amides is 1. The van der Waals surface area contributed by atoms with E-state index in [1.807, 2.05) is 0 Å². The van der Waals surface area contributed by atoms with E-state index in [9.17, 15) is 4.79 Å². The number of carbonyl (C=O) groups is 1. The standard InChI is InChI=1S/C9H16ClNO/c1-2-3-4-7-11(9(10)12)8-5-6-8/h8H,2-7H2,1H3. The smallest absolute Gasteiger partial charge is 0.316 e. The lowest BCUT2D eigenvalue weighted by atomic mass is 10.2. The Labute approximate surface area is 78.9 Å². The molecule has 0 bridgehead atoms. The molecule has 0 aromatic heterocycles. The average Bonchev–Trinajstić information content (AvgIpc) is 2.80. The van der Waals surface area contributed by atoms with Crippen LogP contribution >= 0.6 is 11.6 Å². The predicted molar refractivity (Wildman–Crippen MR) is 50.5 cm³/mol. The molecular formula is C9H16ClNO. The van der Waals surface area contributed by atoms with Crippen molar-refractivity contribution in [3.05, 3.63) is 0 Å². The van der Waals surface area contributed by atoms with E-state index in [1.54, 1.807) is 4.90 Å². The van der Waals surface area contributed by atoms with E-state index in [-0.39, 0.29) is 5.37 Å². The van der Waals surface area contributed by atoms with Crippen molar-refractivity contribution in [2.24, 2.45) is 0 Å². The van der Waals surface area contributed by atoms with Crippen molar-refractivity contribution in [1.82, 2.24) is 4.90 Å². The number of unbranched alkanes of at least 4 members (excludes halogenated alkanes) is 2. The largest absolute Gasteiger partial charge is 0.326 e. The zero-order valence-electron chi connectivity index (χ0n) is 7.55. The third kappa shape index (κ3) is 3.02. The van der Waals surface area contributed by atoms with Crippen molar-refractivity contribution in [3.8, 4) is 0 Å². The second kappa shape index (κ2) is 4.70. The summed E-state index contributed by atoms with van der Waals surface area (Å²) in [4.78, 5) is 12.7. The molecule has 1 amide bonds. The summed E-state index contributed by atoms with van der Waals surface area (Å²) < 4.78 is 0. The fourth-order valence-electron chi connectivity index (χ4n) is 1.33. The summed E-state index contributed by atoms with van der Waals surface area (Å²) in [6, 6.07) is 0.465. The minimum atomic E-state index is -0.270. The van der Waals surface area contributed by atoms with Gasteiger partial charge < -0.3 is 4.90 Å². The summed E-state index contributed by atoms with van der Waals surface area (Å²) >= 11 is 5.44. The van der Waals surface area contributed by atoms with Gasteiger partial charge in [-0.05, 0) is 30.9 Å². The molecule has 1 rings (SSSR count). The highest BCUT2D eigenvalue weighted by Crippen LogP contribution is 2.28. The van der Waals surface area contributed by atoms with Crippen LogP contribution in [-0.4, -0.2) is 22.9 Å². The molecule has 0 heterocycles. The molecule has 0 saturated heterocycles. The molecule has 0 aromatic carbocycles. The Kier molecular flexibility index (Phi) is 3.86. The quantitative estimate of drug-likeness (QED) is 0.370. The lowest BCUT2D eigenvalue weighted by Crippen LogP contribution is -2.29. The van der Waals surface area contributed by atoms with Crippen LogP contribution in [0.3, 0.4) is 0 Å². The van der Waals surface area contributed by atoms with Crippen LogP contribution in [0.25, 0.3) is 0 Å². The van der Waals surface area contributed by atoms with Crippen molar-refractivity contribution in [3.63, 3.8) is 0 Å². The molecule has 0 radical (unpaired) electrons. The van der Waals surface area contributed by atoms with Gasteiger partial charge in [0.15, 0.2) is 0 Å². The number of halogens is 1. The number of rotatable bonds is 5. The molecule has 0 atom stereocenters. The minimum absolute atomic E-state index is 0.270. The van der Waals surface area contributed by atoms with Gasteiger partial charge in [-0.15, -0.1) is 0 Å². The molecule has 0 aliphatic heterocycles. The fourth-order valence-corrected chi connectivity index (χ4v) is 1.55. The van der Waals surface area contributed by atoms with Crippen LogP contribution in [0.2, 0.25) is 0 Å². The summed E-state index contributed by atoms with van der Waals surface area (Å²) in [6.07, 6.45) is 5.75. The molecule has 12 heavy (non-hydrogen) atoms. The monoisotopic (exact) mass is 189 g/mol. The van der Waals surface area contributed by atoms with E-state index in [1.165, 1.54) is 12.8 Å². The SMILES string of the molecule is CCCCCN(C(=O)Cl)C1CC1. The van der Waals surface area contributed by atoms with Crippen LogP contribution in [0, 0.1) is 0 Å². The molecule has 0 N–H and O–H groups in total. The summed E-state index contributed by atoms with van der Waals surface area (Å²) in [5, 5.41) is -0.270. The maximum absolute atomic E-state index is 10.9. The van der Waals surface area contributed by atoms with E-state index in [0.717, 1.165) is 25.8 Å². The summed E-state index contributed by atoms with van der Waals surface area (Å²) in [5.74, 6) is 0. The van der Waals surface area contributed by atoms with Gasteiger partial charge in [0.2, 0.25) is 0 Å². The highest BCUT2D eigenvalue weighted by molar-refractivity contribution is 6.62. The average molecular weight is 190 g/mol. The van der Waals surface area contributed by atoms with Gasteiger partial charge in [0.05, 0.1) is 0 Å². The van der Waals surface area contributed by atoms with E-state index >= 15 is 0 Å². The molecule has 70 valence electrons. The third-order valence-corrected chi connectivity index (χ3v) is 2.43. The van der Waals surface area contributed by atoms with Crippen LogP contribution in [0.4, 0.5) is 4.79 Å². The van der Waals surface area contributed by atoms with Crippen LogP contribution < -0.4 is 0 Å². The Morgan fingerprint density at radius 1 is 1.50 bits per heavy atom. The molecule has 1 saturated carbocycles. The first-order valence-corrected chi connectivity index (χ1v) is 5.09. The Bertz CT molecular complexity index is 157. The second-order valence-corrected chi connectivity index (χ2v) is 3.71. The molecular weight excluding hydrogens is 174 g/mol. The molecule has 0 unspecified atom stereocenters. The molecule has 1 fully saturated rings. The highest BCUT2D eigenvalue weighted by atomic mass is 35.5. The highest BCUT2D eigenvalue weighted by Gasteiger charge is 2.30. The molecule has 0 spiro atoms. The van der Waals surface area contributed by atoms with Gasteiger partial charge in [0.1, 0.15) is 0 Å². The number of hydrogen-bond acceptors (Lipinski definition) is 1. The van der Waals surface area contributed by atoms with Crippen LogP contribution in [0.1, 0.15) is 39.0 Å². The molecule has 1 aliphatic rings. The lowest BCUT2D eigenvalue weighted by molar-refractivity contribution is 0.217. The summed E-state index contributed by atoms with van der Waals surface area (Å²) in [7, 11) is 0. The van der Waals surface area contributed by atoms with Gasteiger partial charge in [-0.2, -0.15) is 0 Å². The molecule has 1 aliphatic carbocycles. The van der Waals surface area contributed by atoms with E-state index < -0.39 is 0 Å². The summed E-state index contributed by atoms with van der Waals surface area (Å²) in [5.41, 5.74) is 0. The predicted octanol–water partition coefficient (Wildman–Crippen LogP) is 3.00. The van der Waals surface area contributed by atoms with E-state index in [2.05, 4.69) is 6.92 Å². The summed E-state index contributed by atoms with van der Waals surface area (Å²) in [6.45, 7) is 3.00. The first-order chi connectivity index (χ1) is 5.75. The Balaban J connectivity index is 2.19. The zero-order valence-corrected chi connectivity index (χ0v) is 8.31. The van der Waals surface area contributed by atoms with Crippen LogP contribution in [0.15, 0.2) is 0 Å². The lowest BCUT2D eigenvalue weighted by Gasteiger charge is -2.18. The van der Waals surface area contributed by atoms with Crippen molar-refractivity contribution < 1.29 is 4.79 Å². The number of nitrogens with zero attached hydrogens (tertiary/aromatic N) is 1. The Hall–Kier alpha value is -0.240. The second-order valence-electron chi connectivity index (χ2n) is 3.38. The van der Waals surface area contributed by atoms with Gasteiger partial charge in [0.25, 0.3) is 0 Å². The van der Waals surface area contributed by atoms with E-state index in [4.69, 9.17) is 11.6 Å². The fraction of sp³-hybridized carbons (Fsp3) is 0.889. The molecule has 3 heteroatoms. The Morgan fingerprint density at radius 3 is 2.58 bits per heavy atom. The van der Waals surface area contributed by atoms with E-state index in [0.29, 0.717) is 6.04 Å². The van der Waals surface area contributed by atoms with Gasteiger partial charge in [-0.1, -0.05) is 19.8 Å². The zero-order chi connectivity index (χ0) is 8.97. The normalized spacial score (nSPS) is 16.2. The molecule has 2 nitrogen and oxygen atoms in total. The van der Waals surface area contributed by atoms with Crippen LogP contribution in [-0.2, 0) is 0 Å². The minimum Gasteiger partial charge on any atom is -0.326 e. The van der Waals surface area contributed by atoms with Crippen molar-refractivity contribution in [2.45, 2.75) is 45.1 Å². The Morgan fingerprint density at radius 2 is 2.17 bits per heavy atom. The maximum atomic E-state index is 10.9. The van der Waals surface area contributed by atoms with Crippen molar-refractivity contribution in [2.75, 3.05) is 6.54 Å². The van der Waals surface area contributed by atoms with Gasteiger partial charge in [-0.25, -0.2) is 0 Å². The first kappa shape index (κ1) is 9.85. The van der Waals surface area contributed by atoms with Crippen molar-refractivity contribution >= 4 is 17.0 Å². The number of hydrogen-bond donors (Lipinski definition) is 0. The first-order valence-electron chi connectivity index (χ1n) is 4.71. The number of carbonyl (C=O) groups excluding carboxylic acids is 1. The van der Waals surface area contributed by atoms with Gasteiger partial charge in [-0.3, -0.25) is 4.79 Å². The van der Waals surface area contributed by atoms with Gasteiger partial charge in [0, 0.05) is 12.6 Å². The van der Waals surface area contributed by atoms with Crippen LogP contribution in [0.5, 0.6) is 0 Å². The van der Waals surface area contributed by atoms with Crippen molar-refractivity contribution in [1.29, 1.82) is 0 Å². The van der Waals surface area contributed by atoms with Gasteiger partial charge >= 0.3 is 5.37 Å².